The number of fused-ring (bicyclic) bond motifs is 1. The highest BCUT2D eigenvalue weighted by Crippen LogP contribution is 2.38. The number of nitrogens with zero attached hydrogens (tertiary/aromatic N) is 3. The van der Waals surface area contributed by atoms with Crippen LogP contribution in [0.4, 0.5) is 0 Å². The Labute approximate surface area is 160 Å². The molecule has 2 aromatic rings. The lowest BCUT2D eigenvalue weighted by Gasteiger charge is -2.39. The van der Waals surface area contributed by atoms with Gasteiger partial charge in [0, 0.05) is 12.6 Å². The smallest absolute Gasteiger partial charge is 0.239 e. The lowest BCUT2D eigenvalue weighted by atomic mass is 9.99. The number of piperidine rings is 1. The van der Waals surface area contributed by atoms with Crippen molar-refractivity contribution in [3.63, 3.8) is 0 Å². The van der Waals surface area contributed by atoms with E-state index in [9.17, 15) is 4.79 Å². The molecule has 0 aliphatic carbocycles. The van der Waals surface area contributed by atoms with Gasteiger partial charge in [-0.3, -0.25) is 9.69 Å². The summed E-state index contributed by atoms with van der Waals surface area (Å²) in [5.74, 6) is 0.324. The zero-order chi connectivity index (χ0) is 18.1. The van der Waals surface area contributed by atoms with Gasteiger partial charge in [-0.25, -0.2) is 4.98 Å². The topological polar surface area (TPSA) is 36.4 Å². The fourth-order valence-electron chi connectivity index (χ4n) is 4.65. The van der Waals surface area contributed by atoms with E-state index in [0.717, 1.165) is 50.7 Å². The molecular weight excluding hydrogens is 342 g/mol. The fraction of sp³-hybridized carbons (Fsp3) is 0.619. The molecule has 1 amide bonds. The summed E-state index contributed by atoms with van der Waals surface area (Å²) in [6, 6.07) is 9.02. The Morgan fingerprint density at radius 3 is 2.88 bits per heavy atom. The lowest BCUT2D eigenvalue weighted by Crippen LogP contribution is -2.52. The number of aromatic nitrogens is 1. The van der Waals surface area contributed by atoms with E-state index in [1.807, 2.05) is 6.07 Å². The minimum Gasteiger partial charge on any atom is -0.338 e. The van der Waals surface area contributed by atoms with Crippen LogP contribution in [0, 0.1) is 0 Å². The first-order chi connectivity index (χ1) is 12.7. The third kappa shape index (κ3) is 3.27. The Morgan fingerprint density at radius 2 is 2.08 bits per heavy atom. The van der Waals surface area contributed by atoms with Crippen LogP contribution in [0.15, 0.2) is 24.3 Å². The van der Waals surface area contributed by atoms with Crippen LogP contribution in [0.5, 0.6) is 0 Å². The van der Waals surface area contributed by atoms with Crippen LogP contribution in [-0.4, -0.2) is 45.9 Å². The molecule has 3 atom stereocenters. The molecule has 2 saturated heterocycles. The Bertz CT molecular complexity index is 740. The predicted octanol–water partition coefficient (Wildman–Crippen LogP) is 4.61. The molecule has 2 fully saturated rings. The summed E-state index contributed by atoms with van der Waals surface area (Å²) >= 11 is 1.79. The number of likely N-dealkylation sites (tertiary alicyclic amines) is 2. The van der Waals surface area contributed by atoms with E-state index in [-0.39, 0.29) is 12.1 Å². The number of hydrogen-bond acceptors (Lipinski definition) is 4. The Morgan fingerprint density at radius 1 is 1.23 bits per heavy atom. The minimum atomic E-state index is -0.0540. The van der Waals surface area contributed by atoms with E-state index in [2.05, 4.69) is 41.8 Å². The van der Waals surface area contributed by atoms with Gasteiger partial charge in [-0.1, -0.05) is 19.1 Å². The second-order valence-corrected chi connectivity index (χ2v) is 8.74. The molecule has 2 aliphatic rings. The van der Waals surface area contributed by atoms with Crippen molar-refractivity contribution in [3.8, 4) is 0 Å². The highest BCUT2D eigenvalue weighted by atomic mass is 32.1. The molecule has 1 aromatic carbocycles. The molecular formula is C21H29N3OS. The molecule has 0 N–H and O–H groups in total. The summed E-state index contributed by atoms with van der Waals surface area (Å²) in [6.45, 7) is 6.25. The van der Waals surface area contributed by atoms with Gasteiger partial charge in [-0.05, 0) is 64.1 Å². The lowest BCUT2D eigenvalue weighted by molar-refractivity contribution is -0.140. The molecule has 0 bridgehead atoms. The van der Waals surface area contributed by atoms with Gasteiger partial charge in [-0.15, -0.1) is 11.3 Å². The zero-order valence-electron chi connectivity index (χ0n) is 15.9. The monoisotopic (exact) mass is 371 g/mol. The summed E-state index contributed by atoms with van der Waals surface area (Å²) in [6.07, 6.45) is 6.89. The molecule has 4 rings (SSSR count). The van der Waals surface area contributed by atoms with Crippen molar-refractivity contribution >= 4 is 27.5 Å². The van der Waals surface area contributed by atoms with E-state index < -0.39 is 0 Å². The summed E-state index contributed by atoms with van der Waals surface area (Å²) < 4.78 is 1.25. The van der Waals surface area contributed by atoms with Crippen LogP contribution in [0.2, 0.25) is 0 Å². The SMILES string of the molecule is CCC1CCCCN1C(=O)C(C)N1CCCC1c1nc2ccccc2s1. The minimum absolute atomic E-state index is 0.0540. The molecule has 3 unspecified atom stereocenters. The maximum atomic E-state index is 13.3. The van der Waals surface area contributed by atoms with Gasteiger partial charge in [0.1, 0.15) is 5.01 Å². The van der Waals surface area contributed by atoms with Crippen LogP contribution in [0.25, 0.3) is 10.2 Å². The standard InChI is InChI=1S/C21H29N3OS/c1-3-16-9-6-7-13-24(16)21(25)15(2)23-14-8-11-18(23)20-22-17-10-4-5-12-19(17)26-20/h4-5,10,12,15-16,18H,3,6-9,11,13-14H2,1-2H3. The number of thiazole rings is 1. The summed E-state index contributed by atoms with van der Waals surface area (Å²) in [4.78, 5) is 22.7. The number of para-hydroxylation sites is 1. The third-order valence-electron chi connectivity index (χ3n) is 6.13. The molecule has 2 aliphatic heterocycles. The molecule has 140 valence electrons. The van der Waals surface area contributed by atoms with Gasteiger partial charge in [0.2, 0.25) is 5.91 Å². The highest BCUT2D eigenvalue weighted by molar-refractivity contribution is 7.18. The quantitative estimate of drug-likeness (QED) is 0.787. The van der Waals surface area contributed by atoms with Crippen LogP contribution in [-0.2, 0) is 4.79 Å². The van der Waals surface area contributed by atoms with Gasteiger partial charge in [0.15, 0.2) is 0 Å². The van der Waals surface area contributed by atoms with Gasteiger partial charge >= 0.3 is 0 Å². The van der Waals surface area contributed by atoms with E-state index >= 15 is 0 Å². The van der Waals surface area contributed by atoms with E-state index in [1.54, 1.807) is 11.3 Å². The van der Waals surface area contributed by atoms with Crippen molar-refractivity contribution in [2.75, 3.05) is 13.1 Å². The Balaban J connectivity index is 1.54. The van der Waals surface area contributed by atoms with Crippen molar-refractivity contribution in [2.24, 2.45) is 0 Å². The number of hydrogen-bond donors (Lipinski definition) is 0. The normalized spacial score (nSPS) is 25.7. The second kappa shape index (κ2) is 7.65. The average Bonchev–Trinajstić information content (AvgIpc) is 3.33. The Hall–Kier alpha value is -1.46. The van der Waals surface area contributed by atoms with Gasteiger partial charge in [0.25, 0.3) is 0 Å². The van der Waals surface area contributed by atoms with Crippen molar-refractivity contribution in [2.45, 2.75) is 70.5 Å². The molecule has 1 aromatic heterocycles. The molecule has 0 radical (unpaired) electrons. The van der Waals surface area contributed by atoms with Crippen LogP contribution in [0.1, 0.15) is 63.4 Å². The Kier molecular flexibility index (Phi) is 5.28. The summed E-state index contributed by atoms with van der Waals surface area (Å²) in [5, 5.41) is 1.18. The van der Waals surface area contributed by atoms with Gasteiger partial charge < -0.3 is 4.90 Å². The zero-order valence-corrected chi connectivity index (χ0v) is 16.7. The fourth-order valence-corrected chi connectivity index (χ4v) is 5.77. The number of amides is 1. The summed E-state index contributed by atoms with van der Waals surface area (Å²) in [7, 11) is 0. The first-order valence-electron chi connectivity index (χ1n) is 10.1. The molecule has 5 heteroatoms. The van der Waals surface area contributed by atoms with Crippen molar-refractivity contribution < 1.29 is 4.79 Å². The van der Waals surface area contributed by atoms with E-state index in [4.69, 9.17) is 4.98 Å². The molecule has 0 saturated carbocycles. The van der Waals surface area contributed by atoms with Gasteiger partial charge in [-0.2, -0.15) is 0 Å². The van der Waals surface area contributed by atoms with Crippen LogP contribution < -0.4 is 0 Å². The molecule has 3 heterocycles. The largest absolute Gasteiger partial charge is 0.338 e. The maximum Gasteiger partial charge on any atom is 0.239 e. The average molecular weight is 372 g/mol. The second-order valence-electron chi connectivity index (χ2n) is 7.68. The van der Waals surface area contributed by atoms with E-state index in [0.29, 0.717) is 11.9 Å². The molecule has 0 spiro atoms. The summed E-state index contributed by atoms with van der Waals surface area (Å²) in [5.41, 5.74) is 1.08. The maximum absolute atomic E-state index is 13.3. The van der Waals surface area contributed by atoms with Crippen molar-refractivity contribution in [3.05, 3.63) is 29.3 Å². The number of carbonyl (C=O) groups is 1. The number of carbonyl (C=O) groups excluding carboxylic acids is 1. The van der Waals surface area contributed by atoms with Crippen molar-refractivity contribution in [1.82, 2.24) is 14.8 Å². The number of benzene rings is 1. The predicted molar refractivity (Wildman–Crippen MR) is 107 cm³/mol. The molecule has 26 heavy (non-hydrogen) atoms. The van der Waals surface area contributed by atoms with Gasteiger partial charge in [0.05, 0.1) is 22.3 Å². The van der Waals surface area contributed by atoms with E-state index in [1.165, 1.54) is 16.1 Å². The number of rotatable bonds is 4. The first-order valence-corrected chi connectivity index (χ1v) is 10.9. The van der Waals surface area contributed by atoms with Crippen molar-refractivity contribution in [1.29, 1.82) is 0 Å². The molecule has 4 nitrogen and oxygen atoms in total. The van der Waals surface area contributed by atoms with Crippen LogP contribution in [0.3, 0.4) is 0 Å². The third-order valence-corrected chi connectivity index (χ3v) is 7.26. The first kappa shape index (κ1) is 17.9. The highest BCUT2D eigenvalue weighted by Gasteiger charge is 2.38. The van der Waals surface area contributed by atoms with Crippen LogP contribution >= 0.6 is 11.3 Å².